The summed E-state index contributed by atoms with van der Waals surface area (Å²) in [5, 5.41) is 0. The van der Waals surface area contributed by atoms with E-state index < -0.39 is 11.9 Å². The van der Waals surface area contributed by atoms with Crippen molar-refractivity contribution in [1.82, 2.24) is 4.90 Å². The first kappa shape index (κ1) is 17.0. The SMILES string of the molecule is CC(Oc1ccc(Br)cc1F)C(=O)N(C(C)C)C(C)C. The largest absolute Gasteiger partial charge is 0.478 e. The third kappa shape index (κ3) is 4.20. The summed E-state index contributed by atoms with van der Waals surface area (Å²) in [4.78, 5) is 14.1. The maximum atomic E-state index is 13.7. The van der Waals surface area contributed by atoms with Gasteiger partial charge in [0.05, 0.1) is 0 Å². The summed E-state index contributed by atoms with van der Waals surface area (Å²) in [5.41, 5.74) is 0. The minimum Gasteiger partial charge on any atom is -0.478 e. The van der Waals surface area contributed by atoms with Crippen LogP contribution in [-0.2, 0) is 4.79 Å². The number of hydrogen-bond donors (Lipinski definition) is 0. The molecule has 0 saturated heterocycles. The zero-order valence-corrected chi connectivity index (χ0v) is 14.1. The minimum absolute atomic E-state index is 0.0725. The first-order valence-corrected chi connectivity index (χ1v) is 7.47. The average Bonchev–Trinajstić information content (AvgIpc) is 2.31. The Balaban J connectivity index is 2.84. The molecule has 1 aromatic rings. The number of nitrogens with zero attached hydrogens (tertiary/aromatic N) is 1. The summed E-state index contributed by atoms with van der Waals surface area (Å²) in [6.45, 7) is 9.44. The van der Waals surface area contributed by atoms with E-state index in [-0.39, 0.29) is 23.7 Å². The predicted octanol–water partition coefficient (Wildman–Crippen LogP) is 4.00. The molecule has 0 fully saturated rings. The summed E-state index contributed by atoms with van der Waals surface area (Å²) in [6, 6.07) is 4.65. The van der Waals surface area contributed by atoms with Gasteiger partial charge in [-0.2, -0.15) is 0 Å². The third-order valence-corrected chi connectivity index (χ3v) is 3.41. The number of benzene rings is 1. The van der Waals surface area contributed by atoms with Gasteiger partial charge >= 0.3 is 0 Å². The molecule has 1 unspecified atom stereocenters. The fourth-order valence-electron chi connectivity index (χ4n) is 2.13. The Bertz CT molecular complexity index is 469. The molecular formula is C15H21BrFNO2. The van der Waals surface area contributed by atoms with Gasteiger partial charge in [0.25, 0.3) is 5.91 Å². The Morgan fingerprint density at radius 1 is 1.20 bits per heavy atom. The van der Waals surface area contributed by atoms with Gasteiger partial charge in [0.2, 0.25) is 0 Å². The van der Waals surface area contributed by atoms with E-state index in [1.54, 1.807) is 17.9 Å². The van der Waals surface area contributed by atoms with Crippen LogP contribution < -0.4 is 4.74 Å². The molecule has 0 spiro atoms. The van der Waals surface area contributed by atoms with E-state index in [9.17, 15) is 9.18 Å². The third-order valence-electron chi connectivity index (χ3n) is 2.91. The standard InChI is InChI=1S/C15H21BrFNO2/c1-9(2)18(10(3)4)15(19)11(5)20-14-7-6-12(16)8-13(14)17/h6-11H,1-5H3. The van der Waals surface area contributed by atoms with Crippen LogP contribution >= 0.6 is 15.9 Å². The van der Waals surface area contributed by atoms with Crippen LogP contribution in [0.3, 0.4) is 0 Å². The normalized spacial score (nSPS) is 12.7. The molecular weight excluding hydrogens is 325 g/mol. The van der Waals surface area contributed by atoms with E-state index >= 15 is 0 Å². The summed E-state index contributed by atoms with van der Waals surface area (Å²) in [6.07, 6.45) is -0.726. The Morgan fingerprint density at radius 2 is 1.75 bits per heavy atom. The number of carbonyl (C=O) groups is 1. The van der Waals surface area contributed by atoms with Crippen molar-refractivity contribution in [3.63, 3.8) is 0 Å². The highest BCUT2D eigenvalue weighted by atomic mass is 79.9. The molecule has 1 atom stereocenters. The molecule has 112 valence electrons. The molecule has 0 aromatic heterocycles. The highest BCUT2D eigenvalue weighted by Gasteiger charge is 2.26. The van der Waals surface area contributed by atoms with Gasteiger partial charge in [-0.1, -0.05) is 15.9 Å². The molecule has 1 amide bonds. The molecule has 3 nitrogen and oxygen atoms in total. The lowest BCUT2D eigenvalue weighted by Crippen LogP contribution is -2.48. The second kappa shape index (κ2) is 7.07. The van der Waals surface area contributed by atoms with Gasteiger partial charge in [0, 0.05) is 16.6 Å². The van der Waals surface area contributed by atoms with E-state index in [0.717, 1.165) is 0 Å². The summed E-state index contributed by atoms with van der Waals surface area (Å²) < 4.78 is 19.8. The van der Waals surface area contributed by atoms with Crippen LogP contribution in [0.1, 0.15) is 34.6 Å². The first-order chi connectivity index (χ1) is 9.23. The molecule has 0 heterocycles. The maximum absolute atomic E-state index is 13.7. The average molecular weight is 346 g/mol. The van der Waals surface area contributed by atoms with E-state index in [4.69, 9.17) is 4.74 Å². The fourth-order valence-corrected chi connectivity index (χ4v) is 2.46. The molecule has 1 rings (SSSR count). The number of carbonyl (C=O) groups excluding carboxylic acids is 1. The topological polar surface area (TPSA) is 29.5 Å². The second-order valence-corrected chi connectivity index (χ2v) is 6.18. The second-order valence-electron chi connectivity index (χ2n) is 5.27. The molecule has 0 bridgehead atoms. The van der Waals surface area contributed by atoms with Gasteiger partial charge in [-0.15, -0.1) is 0 Å². The van der Waals surface area contributed by atoms with Crippen molar-refractivity contribution in [1.29, 1.82) is 0 Å². The van der Waals surface area contributed by atoms with Gasteiger partial charge in [0.15, 0.2) is 17.7 Å². The van der Waals surface area contributed by atoms with Crippen LogP contribution in [0.4, 0.5) is 4.39 Å². The van der Waals surface area contributed by atoms with Gasteiger partial charge < -0.3 is 9.64 Å². The van der Waals surface area contributed by atoms with Crippen molar-refractivity contribution in [3.8, 4) is 5.75 Å². The number of amides is 1. The van der Waals surface area contributed by atoms with Crippen LogP contribution in [0, 0.1) is 5.82 Å². The van der Waals surface area contributed by atoms with Crippen LogP contribution in [0.25, 0.3) is 0 Å². The zero-order chi connectivity index (χ0) is 15.4. The van der Waals surface area contributed by atoms with Crippen molar-refractivity contribution < 1.29 is 13.9 Å². The Hall–Kier alpha value is -1.10. The lowest BCUT2D eigenvalue weighted by atomic mass is 10.2. The van der Waals surface area contributed by atoms with Crippen molar-refractivity contribution >= 4 is 21.8 Å². The highest BCUT2D eigenvalue weighted by Crippen LogP contribution is 2.23. The summed E-state index contributed by atoms with van der Waals surface area (Å²) >= 11 is 3.18. The Kier molecular flexibility index (Phi) is 5.99. The number of rotatable bonds is 5. The highest BCUT2D eigenvalue weighted by molar-refractivity contribution is 9.10. The van der Waals surface area contributed by atoms with Gasteiger partial charge in [-0.25, -0.2) is 4.39 Å². The van der Waals surface area contributed by atoms with E-state index in [1.165, 1.54) is 12.1 Å². The Labute approximate surface area is 128 Å². The van der Waals surface area contributed by atoms with Gasteiger partial charge in [0.1, 0.15) is 0 Å². The van der Waals surface area contributed by atoms with E-state index in [2.05, 4.69) is 15.9 Å². The van der Waals surface area contributed by atoms with Crippen LogP contribution in [0.5, 0.6) is 5.75 Å². The lowest BCUT2D eigenvalue weighted by Gasteiger charge is -2.33. The lowest BCUT2D eigenvalue weighted by molar-refractivity contribution is -0.141. The van der Waals surface area contributed by atoms with Crippen molar-refractivity contribution in [2.24, 2.45) is 0 Å². The van der Waals surface area contributed by atoms with Crippen molar-refractivity contribution in [2.75, 3.05) is 0 Å². The van der Waals surface area contributed by atoms with Crippen molar-refractivity contribution in [2.45, 2.75) is 52.8 Å². The Morgan fingerprint density at radius 3 is 2.20 bits per heavy atom. The number of ether oxygens (including phenoxy) is 1. The van der Waals surface area contributed by atoms with Gasteiger partial charge in [-0.3, -0.25) is 4.79 Å². The zero-order valence-electron chi connectivity index (χ0n) is 12.5. The molecule has 1 aromatic carbocycles. The van der Waals surface area contributed by atoms with Gasteiger partial charge in [-0.05, 0) is 52.8 Å². The number of halogens is 2. The van der Waals surface area contributed by atoms with Crippen molar-refractivity contribution in [3.05, 3.63) is 28.5 Å². The van der Waals surface area contributed by atoms with Crippen LogP contribution in [0.15, 0.2) is 22.7 Å². The van der Waals surface area contributed by atoms with E-state index in [1.807, 2.05) is 27.7 Å². The fraction of sp³-hybridized carbons (Fsp3) is 0.533. The molecule has 0 radical (unpaired) electrons. The molecule has 0 N–H and O–H groups in total. The summed E-state index contributed by atoms with van der Waals surface area (Å²) in [7, 11) is 0. The minimum atomic E-state index is -0.726. The monoisotopic (exact) mass is 345 g/mol. The molecule has 0 aliphatic rings. The molecule has 5 heteroatoms. The molecule has 0 saturated carbocycles. The molecule has 20 heavy (non-hydrogen) atoms. The number of hydrogen-bond acceptors (Lipinski definition) is 2. The predicted molar refractivity (Wildman–Crippen MR) is 81.3 cm³/mol. The molecule has 0 aliphatic carbocycles. The van der Waals surface area contributed by atoms with Crippen LogP contribution in [-0.4, -0.2) is 29.0 Å². The van der Waals surface area contributed by atoms with Crippen LogP contribution in [0.2, 0.25) is 0 Å². The smallest absolute Gasteiger partial charge is 0.263 e. The molecule has 0 aliphatic heterocycles. The first-order valence-electron chi connectivity index (χ1n) is 6.68. The van der Waals surface area contributed by atoms with E-state index in [0.29, 0.717) is 4.47 Å². The summed E-state index contributed by atoms with van der Waals surface area (Å²) in [5.74, 6) is -0.543. The quantitative estimate of drug-likeness (QED) is 0.807. The maximum Gasteiger partial charge on any atom is 0.263 e.